The number of halogens is 1. The highest BCUT2D eigenvalue weighted by atomic mass is 35.5. The summed E-state index contributed by atoms with van der Waals surface area (Å²) in [4.78, 5) is 24.5. The number of benzene rings is 2. The van der Waals surface area contributed by atoms with E-state index in [1.807, 2.05) is 24.3 Å². The van der Waals surface area contributed by atoms with Crippen LogP contribution in [-0.4, -0.2) is 25.3 Å². The molecule has 2 aromatic heterocycles. The van der Waals surface area contributed by atoms with E-state index in [1.54, 1.807) is 40.4 Å². The fourth-order valence-electron chi connectivity index (χ4n) is 3.02. The summed E-state index contributed by atoms with van der Waals surface area (Å²) in [5.74, 6) is 0.0386. The predicted molar refractivity (Wildman–Crippen MR) is 106 cm³/mol. The lowest BCUT2D eigenvalue weighted by Crippen LogP contribution is -2.23. The number of carbonyl (C=O) groups is 1. The Bertz CT molecular complexity index is 1220. The molecule has 0 aliphatic carbocycles. The molecule has 4 rings (SSSR count). The van der Waals surface area contributed by atoms with Crippen LogP contribution in [0.4, 0.5) is 0 Å². The van der Waals surface area contributed by atoms with E-state index in [0.29, 0.717) is 10.9 Å². The van der Waals surface area contributed by atoms with Crippen LogP contribution < -0.4 is 5.69 Å². The van der Waals surface area contributed by atoms with Crippen molar-refractivity contribution in [2.24, 2.45) is 7.05 Å². The van der Waals surface area contributed by atoms with Gasteiger partial charge in [-0.1, -0.05) is 23.7 Å². The maximum Gasteiger partial charge on any atom is 0.328 e. The minimum atomic E-state index is -0.462. The first-order valence-electron chi connectivity index (χ1n) is 8.91. The molecule has 8 nitrogen and oxygen atoms in total. The SMILES string of the molecule is Cn1c(=O)n(CCC(=O)OCc2nnc(-c3ccc(Cl)cc3)o2)c2ccccc21. The number of nitrogens with zero attached hydrogens (tertiary/aromatic N) is 4. The molecule has 0 saturated heterocycles. The van der Waals surface area contributed by atoms with Crippen molar-refractivity contribution in [2.75, 3.05) is 0 Å². The molecule has 4 aromatic rings. The first-order valence-corrected chi connectivity index (χ1v) is 9.29. The Hall–Kier alpha value is -3.39. The van der Waals surface area contributed by atoms with E-state index in [2.05, 4.69) is 10.2 Å². The number of ether oxygens (including phenoxy) is 1. The van der Waals surface area contributed by atoms with Crippen LogP contribution in [0.15, 0.2) is 57.7 Å². The Labute approximate surface area is 170 Å². The molecule has 0 amide bonds. The third kappa shape index (κ3) is 3.93. The lowest BCUT2D eigenvalue weighted by molar-refractivity contribution is -0.145. The number of hydrogen-bond donors (Lipinski definition) is 0. The summed E-state index contributed by atoms with van der Waals surface area (Å²) in [6.07, 6.45) is 0.0477. The van der Waals surface area contributed by atoms with E-state index in [-0.39, 0.29) is 31.2 Å². The topological polar surface area (TPSA) is 92.2 Å². The monoisotopic (exact) mass is 412 g/mol. The van der Waals surface area contributed by atoms with Gasteiger partial charge in [0, 0.05) is 24.2 Å². The van der Waals surface area contributed by atoms with Gasteiger partial charge in [-0.05, 0) is 36.4 Å². The quantitative estimate of drug-likeness (QED) is 0.451. The van der Waals surface area contributed by atoms with Gasteiger partial charge in [0.25, 0.3) is 5.89 Å². The van der Waals surface area contributed by atoms with Crippen LogP contribution in [-0.2, 0) is 29.7 Å². The average Bonchev–Trinajstić information content (AvgIpc) is 3.30. The van der Waals surface area contributed by atoms with Crippen LogP contribution in [0.2, 0.25) is 5.02 Å². The van der Waals surface area contributed by atoms with Crippen LogP contribution in [0, 0.1) is 0 Å². The van der Waals surface area contributed by atoms with Gasteiger partial charge in [-0.3, -0.25) is 13.9 Å². The van der Waals surface area contributed by atoms with Crippen LogP contribution in [0.5, 0.6) is 0 Å². The molecular formula is C20H17ClN4O4. The van der Waals surface area contributed by atoms with Gasteiger partial charge in [0.05, 0.1) is 17.5 Å². The Morgan fingerprint density at radius 1 is 1.10 bits per heavy atom. The van der Waals surface area contributed by atoms with Gasteiger partial charge in [-0.2, -0.15) is 0 Å². The van der Waals surface area contributed by atoms with E-state index in [4.69, 9.17) is 20.8 Å². The molecule has 0 spiro atoms. The summed E-state index contributed by atoms with van der Waals surface area (Å²) in [6.45, 7) is 0.0860. The summed E-state index contributed by atoms with van der Waals surface area (Å²) in [5, 5.41) is 8.42. The number of hydrogen-bond acceptors (Lipinski definition) is 6. The maximum atomic E-state index is 12.4. The number of fused-ring (bicyclic) bond motifs is 1. The van der Waals surface area contributed by atoms with E-state index in [1.165, 1.54) is 0 Å². The molecule has 0 atom stereocenters. The third-order valence-corrected chi connectivity index (χ3v) is 4.76. The van der Waals surface area contributed by atoms with Gasteiger partial charge in [-0.15, -0.1) is 10.2 Å². The molecule has 0 bridgehead atoms. The van der Waals surface area contributed by atoms with Gasteiger partial charge in [0.1, 0.15) is 0 Å². The normalized spacial score (nSPS) is 11.1. The van der Waals surface area contributed by atoms with Crippen molar-refractivity contribution >= 4 is 28.6 Å². The predicted octanol–water partition coefficient (Wildman–Crippen LogP) is 3.18. The molecular weight excluding hydrogens is 396 g/mol. The lowest BCUT2D eigenvalue weighted by atomic mass is 10.2. The molecule has 9 heteroatoms. The first-order chi connectivity index (χ1) is 14.0. The van der Waals surface area contributed by atoms with Gasteiger partial charge < -0.3 is 9.15 Å². The van der Waals surface area contributed by atoms with Crippen LogP contribution in [0.1, 0.15) is 12.3 Å². The molecule has 2 aromatic carbocycles. The van der Waals surface area contributed by atoms with Crippen molar-refractivity contribution in [1.29, 1.82) is 0 Å². The van der Waals surface area contributed by atoms with Gasteiger partial charge >= 0.3 is 11.7 Å². The largest absolute Gasteiger partial charge is 0.456 e. The van der Waals surface area contributed by atoms with Crippen LogP contribution in [0.25, 0.3) is 22.5 Å². The number of imidazole rings is 1. The fourth-order valence-corrected chi connectivity index (χ4v) is 3.14. The van der Waals surface area contributed by atoms with Crippen LogP contribution in [0.3, 0.4) is 0 Å². The van der Waals surface area contributed by atoms with Crippen LogP contribution >= 0.6 is 11.6 Å². The molecule has 0 aliphatic heterocycles. The Morgan fingerprint density at radius 3 is 2.59 bits per heavy atom. The maximum absolute atomic E-state index is 12.4. The van der Waals surface area contributed by atoms with Crippen molar-refractivity contribution < 1.29 is 13.9 Å². The zero-order valence-corrected chi connectivity index (χ0v) is 16.3. The van der Waals surface area contributed by atoms with Crippen molar-refractivity contribution in [3.8, 4) is 11.5 Å². The Kier molecular flexibility index (Phi) is 5.18. The highest BCUT2D eigenvalue weighted by molar-refractivity contribution is 6.30. The second-order valence-electron chi connectivity index (χ2n) is 6.40. The Morgan fingerprint density at radius 2 is 1.83 bits per heavy atom. The third-order valence-electron chi connectivity index (χ3n) is 4.51. The number of aryl methyl sites for hydroxylation is 2. The summed E-state index contributed by atoms with van der Waals surface area (Å²) >= 11 is 5.86. The van der Waals surface area contributed by atoms with Crippen molar-refractivity contribution in [1.82, 2.24) is 19.3 Å². The number of rotatable bonds is 6. The second kappa shape index (κ2) is 7.92. The number of aromatic nitrogens is 4. The van der Waals surface area contributed by atoms with E-state index < -0.39 is 5.97 Å². The zero-order valence-electron chi connectivity index (χ0n) is 15.5. The van der Waals surface area contributed by atoms with Crippen molar-refractivity contribution in [2.45, 2.75) is 19.6 Å². The molecule has 0 unspecified atom stereocenters. The molecule has 0 fully saturated rings. The van der Waals surface area contributed by atoms with Crippen molar-refractivity contribution in [3.05, 3.63) is 69.9 Å². The molecule has 0 aliphatic rings. The van der Waals surface area contributed by atoms with E-state index in [0.717, 1.165) is 16.6 Å². The van der Waals surface area contributed by atoms with Gasteiger partial charge in [-0.25, -0.2) is 4.79 Å². The zero-order chi connectivity index (χ0) is 20.4. The van der Waals surface area contributed by atoms with Gasteiger partial charge in [0.2, 0.25) is 5.89 Å². The van der Waals surface area contributed by atoms with E-state index >= 15 is 0 Å². The smallest absolute Gasteiger partial charge is 0.328 e. The first kappa shape index (κ1) is 18.9. The summed E-state index contributed by atoms with van der Waals surface area (Å²) in [6, 6.07) is 14.4. The average molecular weight is 413 g/mol. The highest BCUT2D eigenvalue weighted by Gasteiger charge is 2.14. The standard InChI is InChI=1S/C20H17ClN4O4/c1-24-15-4-2-3-5-16(15)25(20(24)27)11-10-18(26)28-12-17-22-23-19(29-17)13-6-8-14(21)9-7-13/h2-9H,10-12H2,1H3. The number of para-hydroxylation sites is 2. The fraction of sp³-hybridized carbons (Fsp3) is 0.200. The Balaban J connectivity index is 1.36. The van der Waals surface area contributed by atoms with E-state index in [9.17, 15) is 9.59 Å². The second-order valence-corrected chi connectivity index (χ2v) is 6.84. The molecule has 2 heterocycles. The molecule has 29 heavy (non-hydrogen) atoms. The molecule has 0 N–H and O–H groups in total. The molecule has 0 saturated carbocycles. The number of esters is 1. The summed E-state index contributed by atoms with van der Waals surface area (Å²) < 4.78 is 13.8. The summed E-state index contributed by atoms with van der Waals surface area (Å²) in [7, 11) is 1.70. The minimum absolute atomic E-state index is 0.0477. The number of carbonyl (C=O) groups excluding carboxylic acids is 1. The van der Waals surface area contributed by atoms with Crippen molar-refractivity contribution in [3.63, 3.8) is 0 Å². The van der Waals surface area contributed by atoms with Gasteiger partial charge in [0.15, 0.2) is 6.61 Å². The summed E-state index contributed by atoms with van der Waals surface area (Å²) in [5.41, 5.74) is 2.13. The molecule has 0 radical (unpaired) electrons. The minimum Gasteiger partial charge on any atom is -0.456 e. The molecule has 148 valence electrons. The highest BCUT2D eigenvalue weighted by Crippen LogP contribution is 2.20. The lowest BCUT2D eigenvalue weighted by Gasteiger charge is -2.04.